The van der Waals surface area contributed by atoms with Gasteiger partial charge in [0.05, 0.1) is 10.8 Å². The lowest BCUT2D eigenvalue weighted by Gasteiger charge is -2.06. The molecule has 0 bridgehead atoms. The molecular formula is C19H12O3. The molecule has 0 amide bonds. The Morgan fingerprint density at radius 3 is 2.27 bits per heavy atom. The summed E-state index contributed by atoms with van der Waals surface area (Å²) in [6.45, 7) is 0. The highest BCUT2D eigenvalue weighted by molar-refractivity contribution is 5.90. The van der Waals surface area contributed by atoms with Crippen molar-refractivity contribution in [2.24, 2.45) is 0 Å². The van der Waals surface area contributed by atoms with Crippen LogP contribution in [0.25, 0.3) is 21.9 Å². The van der Waals surface area contributed by atoms with Crippen LogP contribution in [-0.4, -0.2) is 0 Å². The highest BCUT2D eigenvalue weighted by Gasteiger charge is 2.08. The summed E-state index contributed by atoms with van der Waals surface area (Å²) >= 11 is 0. The lowest BCUT2D eigenvalue weighted by Crippen LogP contribution is -2.01. The molecular weight excluding hydrogens is 276 g/mol. The van der Waals surface area contributed by atoms with Gasteiger partial charge in [-0.3, -0.25) is 4.79 Å². The lowest BCUT2D eigenvalue weighted by molar-refractivity contribution is 0.482. The van der Waals surface area contributed by atoms with E-state index in [9.17, 15) is 4.79 Å². The van der Waals surface area contributed by atoms with Crippen LogP contribution < -0.4 is 10.2 Å². The molecule has 3 aromatic carbocycles. The molecule has 0 spiro atoms. The van der Waals surface area contributed by atoms with Gasteiger partial charge in [-0.2, -0.15) is 0 Å². The van der Waals surface area contributed by atoms with E-state index in [1.807, 2.05) is 42.5 Å². The number of ether oxygens (including phenoxy) is 1. The summed E-state index contributed by atoms with van der Waals surface area (Å²) in [5.74, 6) is 1.38. The molecule has 0 aliphatic rings. The van der Waals surface area contributed by atoms with Crippen LogP contribution in [0.2, 0.25) is 0 Å². The molecule has 1 heterocycles. The Labute approximate surface area is 126 Å². The van der Waals surface area contributed by atoms with Gasteiger partial charge < -0.3 is 9.15 Å². The van der Waals surface area contributed by atoms with Crippen LogP contribution >= 0.6 is 0 Å². The molecule has 106 valence electrons. The van der Waals surface area contributed by atoms with Crippen molar-refractivity contribution in [2.75, 3.05) is 0 Å². The first-order valence-electron chi connectivity index (χ1n) is 7.00. The third-order valence-electron chi connectivity index (χ3n) is 3.53. The second-order valence-corrected chi connectivity index (χ2v) is 5.00. The van der Waals surface area contributed by atoms with Gasteiger partial charge in [0.1, 0.15) is 22.7 Å². The zero-order chi connectivity index (χ0) is 14.9. The number of benzene rings is 3. The molecule has 1 aromatic heterocycles. The van der Waals surface area contributed by atoms with Crippen molar-refractivity contribution in [1.82, 2.24) is 0 Å². The zero-order valence-electron chi connectivity index (χ0n) is 11.7. The predicted octanol–water partition coefficient (Wildman–Crippen LogP) is 4.74. The second kappa shape index (κ2) is 5.04. The van der Waals surface area contributed by atoms with Crippen LogP contribution in [0.4, 0.5) is 0 Å². The van der Waals surface area contributed by atoms with E-state index in [0.29, 0.717) is 27.7 Å². The molecule has 0 saturated heterocycles. The summed E-state index contributed by atoms with van der Waals surface area (Å²) in [5, 5.41) is 1.14. The van der Waals surface area contributed by atoms with Crippen molar-refractivity contribution < 1.29 is 9.15 Å². The average Bonchev–Trinajstić information content (AvgIpc) is 2.56. The second-order valence-electron chi connectivity index (χ2n) is 5.00. The maximum absolute atomic E-state index is 12.5. The van der Waals surface area contributed by atoms with E-state index >= 15 is 0 Å². The molecule has 22 heavy (non-hydrogen) atoms. The molecule has 0 fully saturated rings. The van der Waals surface area contributed by atoms with Gasteiger partial charge in [0, 0.05) is 6.07 Å². The lowest BCUT2D eigenvalue weighted by atomic mass is 10.1. The first kappa shape index (κ1) is 12.7. The van der Waals surface area contributed by atoms with Crippen molar-refractivity contribution in [1.29, 1.82) is 0 Å². The Morgan fingerprint density at radius 1 is 0.682 bits per heavy atom. The van der Waals surface area contributed by atoms with Crippen LogP contribution in [-0.2, 0) is 0 Å². The number of hydrogen-bond donors (Lipinski definition) is 0. The number of hydrogen-bond acceptors (Lipinski definition) is 3. The van der Waals surface area contributed by atoms with E-state index < -0.39 is 0 Å². The molecule has 0 N–H and O–H groups in total. The van der Waals surface area contributed by atoms with Crippen molar-refractivity contribution in [3.63, 3.8) is 0 Å². The maximum Gasteiger partial charge on any atom is 0.200 e. The minimum Gasteiger partial charge on any atom is -0.457 e. The fourth-order valence-corrected chi connectivity index (χ4v) is 2.47. The van der Waals surface area contributed by atoms with Crippen molar-refractivity contribution >= 4 is 21.9 Å². The van der Waals surface area contributed by atoms with E-state index in [1.165, 1.54) is 0 Å². The van der Waals surface area contributed by atoms with Crippen LogP contribution in [0.1, 0.15) is 0 Å². The minimum atomic E-state index is -0.0249. The first-order chi connectivity index (χ1) is 10.8. The SMILES string of the molecule is O=c1c2ccccc2oc2cc(Oc3ccccc3)ccc12. The summed E-state index contributed by atoms with van der Waals surface area (Å²) in [6, 6.07) is 22.0. The van der Waals surface area contributed by atoms with E-state index in [4.69, 9.17) is 9.15 Å². The van der Waals surface area contributed by atoms with Gasteiger partial charge in [-0.05, 0) is 36.4 Å². The van der Waals surface area contributed by atoms with Crippen LogP contribution in [0, 0.1) is 0 Å². The Balaban J connectivity index is 1.87. The average molecular weight is 288 g/mol. The monoisotopic (exact) mass is 288 g/mol. The fraction of sp³-hybridized carbons (Fsp3) is 0. The molecule has 0 unspecified atom stereocenters. The highest BCUT2D eigenvalue weighted by atomic mass is 16.5. The van der Waals surface area contributed by atoms with Crippen LogP contribution in [0.5, 0.6) is 11.5 Å². The van der Waals surface area contributed by atoms with Gasteiger partial charge in [-0.15, -0.1) is 0 Å². The summed E-state index contributed by atoms with van der Waals surface area (Å²) in [6.07, 6.45) is 0. The van der Waals surface area contributed by atoms with E-state index in [-0.39, 0.29) is 5.43 Å². The smallest absolute Gasteiger partial charge is 0.200 e. The first-order valence-corrected chi connectivity index (χ1v) is 7.00. The minimum absolute atomic E-state index is 0.0249. The molecule has 4 aromatic rings. The molecule has 3 nitrogen and oxygen atoms in total. The van der Waals surface area contributed by atoms with Gasteiger partial charge in [0.25, 0.3) is 0 Å². The molecule has 0 saturated carbocycles. The van der Waals surface area contributed by atoms with Gasteiger partial charge in [-0.1, -0.05) is 30.3 Å². The van der Waals surface area contributed by atoms with Crippen molar-refractivity contribution in [2.45, 2.75) is 0 Å². The van der Waals surface area contributed by atoms with Crippen molar-refractivity contribution in [3.05, 3.63) is 83.0 Å². The molecule has 3 heteroatoms. The van der Waals surface area contributed by atoms with E-state index in [0.717, 1.165) is 5.75 Å². The normalized spacial score (nSPS) is 10.9. The van der Waals surface area contributed by atoms with E-state index in [2.05, 4.69) is 0 Å². The Morgan fingerprint density at radius 2 is 1.41 bits per heavy atom. The summed E-state index contributed by atoms with van der Waals surface area (Å²) in [4.78, 5) is 12.5. The van der Waals surface area contributed by atoms with Crippen LogP contribution in [0.15, 0.2) is 82.0 Å². The zero-order valence-corrected chi connectivity index (χ0v) is 11.7. The molecule has 0 radical (unpaired) electrons. The van der Waals surface area contributed by atoms with Gasteiger partial charge in [0.15, 0.2) is 0 Å². The number of fused-ring (bicyclic) bond motifs is 2. The third kappa shape index (κ3) is 2.13. The number of para-hydroxylation sites is 2. The molecule has 4 rings (SSSR count). The predicted molar refractivity (Wildman–Crippen MR) is 86.5 cm³/mol. The maximum atomic E-state index is 12.5. The Bertz CT molecular complexity index is 1020. The summed E-state index contributed by atoms with van der Waals surface area (Å²) in [7, 11) is 0. The van der Waals surface area contributed by atoms with Crippen LogP contribution in [0.3, 0.4) is 0 Å². The standard InChI is InChI=1S/C19H12O3/c20-19-15-8-4-5-9-17(15)22-18-12-14(10-11-16(18)19)21-13-6-2-1-3-7-13/h1-12H. The van der Waals surface area contributed by atoms with E-state index in [1.54, 1.807) is 30.3 Å². The summed E-state index contributed by atoms with van der Waals surface area (Å²) in [5.41, 5.74) is 1.08. The Kier molecular flexibility index (Phi) is 2.90. The molecule has 0 aliphatic heterocycles. The summed E-state index contributed by atoms with van der Waals surface area (Å²) < 4.78 is 11.6. The third-order valence-corrected chi connectivity index (χ3v) is 3.53. The molecule has 0 atom stereocenters. The number of rotatable bonds is 2. The quantitative estimate of drug-likeness (QED) is 0.500. The van der Waals surface area contributed by atoms with Gasteiger partial charge >= 0.3 is 0 Å². The van der Waals surface area contributed by atoms with Gasteiger partial charge in [-0.25, -0.2) is 0 Å². The Hall–Kier alpha value is -3.07. The topological polar surface area (TPSA) is 39.4 Å². The van der Waals surface area contributed by atoms with Crippen molar-refractivity contribution in [3.8, 4) is 11.5 Å². The molecule has 0 aliphatic carbocycles. The highest BCUT2D eigenvalue weighted by Crippen LogP contribution is 2.26. The fourth-order valence-electron chi connectivity index (χ4n) is 2.47. The van der Waals surface area contributed by atoms with Gasteiger partial charge in [0.2, 0.25) is 5.43 Å². The largest absolute Gasteiger partial charge is 0.457 e.